The van der Waals surface area contributed by atoms with Crippen molar-refractivity contribution in [2.24, 2.45) is 0 Å². The van der Waals surface area contributed by atoms with Gasteiger partial charge in [-0.3, -0.25) is 9.78 Å². The SMILES string of the molecule is O=C(CC1=C(O)CCn2c1nc1cc(F)ccc12)Nc1ccncc1F. The number of nitrogens with one attached hydrogen (secondary N) is 1. The van der Waals surface area contributed by atoms with Gasteiger partial charge >= 0.3 is 0 Å². The fourth-order valence-corrected chi connectivity index (χ4v) is 3.07. The van der Waals surface area contributed by atoms with Crippen molar-refractivity contribution in [3.05, 3.63) is 59.9 Å². The van der Waals surface area contributed by atoms with Gasteiger partial charge in [-0.2, -0.15) is 0 Å². The maximum Gasteiger partial charge on any atom is 0.229 e. The number of aromatic nitrogens is 3. The molecule has 0 spiro atoms. The lowest BCUT2D eigenvalue weighted by Gasteiger charge is -2.19. The number of pyridine rings is 1. The number of rotatable bonds is 3. The Labute approximate surface area is 146 Å². The highest BCUT2D eigenvalue weighted by Gasteiger charge is 2.25. The molecule has 0 unspecified atom stereocenters. The van der Waals surface area contributed by atoms with Crippen molar-refractivity contribution in [1.29, 1.82) is 0 Å². The maximum atomic E-state index is 13.6. The number of hydrogen-bond donors (Lipinski definition) is 2. The topological polar surface area (TPSA) is 80.0 Å². The molecule has 6 nitrogen and oxygen atoms in total. The van der Waals surface area contributed by atoms with Crippen molar-refractivity contribution in [3.8, 4) is 0 Å². The minimum Gasteiger partial charge on any atom is -0.512 e. The molecule has 4 rings (SSSR count). The number of aliphatic hydroxyl groups is 1. The van der Waals surface area contributed by atoms with E-state index in [9.17, 15) is 18.7 Å². The molecule has 1 aromatic carbocycles. The smallest absolute Gasteiger partial charge is 0.229 e. The molecule has 0 aliphatic carbocycles. The molecule has 2 aromatic heterocycles. The predicted molar refractivity (Wildman–Crippen MR) is 91.3 cm³/mol. The summed E-state index contributed by atoms with van der Waals surface area (Å²) in [7, 11) is 0. The molecule has 2 N–H and O–H groups in total. The number of anilines is 1. The number of amides is 1. The van der Waals surface area contributed by atoms with Crippen molar-refractivity contribution >= 4 is 28.2 Å². The van der Waals surface area contributed by atoms with Crippen LogP contribution >= 0.6 is 0 Å². The zero-order valence-corrected chi connectivity index (χ0v) is 13.5. The standard InChI is InChI=1S/C18H14F2N4O2/c19-10-1-2-15-14(7-10)23-18-11(16(25)4-6-24(15)18)8-17(26)22-13-3-5-21-9-12(13)20/h1-3,5,7,9,25H,4,6,8H2,(H,21,22,26). The van der Waals surface area contributed by atoms with E-state index < -0.39 is 17.5 Å². The lowest BCUT2D eigenvalue weighted by molar-refractivity contribution is -0.115. The van der Waals surface area contributed by atoms with Crippen LogP contribution in [0.5, 0.6) is 0 Å². The summed E-state index contributed by atoms with van der Waals surface area (Å²) < 4.78 is 28.9. The van der Waals surface area contributed by atoms with E-state index in [4.69, 9.17) is 0 Å². The minimum atomic E-state index is -0.648. The van der Waals surface area contributed by atoms with Crippen LogP contribution in [0.15, 0.2) is 42.4 Å². The van der Waals surface area contributed by atoms with Gasteiger partial charge in [-0.05, 0) is 18.2 Å². The van der Waals surface area contributed by atoms with Gasteiger partial charge in [-0.15, -0.1) is 0 Å². The number of imidazole rings is 1. The summed E-state index contributed by atoms with van der Waals surface area (Å²) in [6.45, 7) is 0.480. The summed E-state index contributed by atoms with van der Waals surface area (Å²) >= 11 is 0. The summed E-state index contributed by atoms with van der Waals surface area (Å²) in [5, 5.41) is 12.7. The molecule has 26 heavy (non-hydrogen) atoms. The number of hydrogen-bond acceptors (Lipinski definition) is 4. The number of fused-ring (bicyclic) bond motifs is 3. The molecule has 132 valence electrons. The third-order valence-electron chi connectivity index (χ3n) is 4.28. The fraction of sp³-hybridized carbons (Fsp3) is 0.167. The molecule has 0 saturated carbocycles. The molecule has 3 aromatic rings. The van der Waals surface area contributed by atoms with E-state index in [0.29, 0.717) is 29.9 Å². The van der Waals surface area contributed by atoms with Gasteiger partial charge in [0, 0.05) is 30.8 Å². The normalized spacial score (nSPS) is 13.8. The summed E-state index contributed by atoms with van der Waals surface area (Å²) in [4.78, 5) is 20.3. The number of carbonyl (C=O) groups excluding carboxylic acids is 1. The Morgan fingerprint density at radius 2 is 2.15 bits per heavy atom. The van der Waals surface area contributed by atoms with Gasteiger partial charge in [0.05, 0.1) is 29.3 Å². The third kappa shape index (κ3) is 2.79. The molecule has 0 radical (unpaired) electrons. The quantitative estimate of drug-likeness (QED) is 0.754. The Hall–Kier alpha value is -3.29. The molecular formula is C18H14F2N4O2. The average Bonchev–Trinajstić information content (AvgIpc) is 2.97. The lowest BCUT2D eigenvalue weighted by atomic mass is 10.0. The highest BCUT2D eigenvalue weighted by atomic mass is 19.1. The minimum absolute atomic E-state index is 0.0106. The second-order valence-corrected chi connectivity index (χ2v) is 5.98. The van der Waals surface area contributed by atoms with Crippen LogP contribution in [0.1, 0.15) is 18.7 Å². The van der Waals surface area contributed by atoms with Crippen LogP contribution in [0.2, 0.25) is 0 Å². The Balaban J connectivity index is 1.65. The first-order valence-electron chi connectivity index (χ1n) is 7.99. The van der Waals surface area contributed by atoms with Crippen molar-refractivity contribution in [2.45, 2.75) is 19.4 Å². The first-order valence-corrected chi connectivity index (χ1v) is 7.99. The third-order valence-corrected chi connectivity index (χ3v) is 4.28. The van der Waals surface area contributed by atoms with E-state index >= 15 is 0 Å². The first kappa shape index (κ1) is 16.2. The number of halogens is 2. The summed E-state index contributed by atoms with van der Waals surface area (Å²) in [5.74, 6) is -1.08. The fourth-order valence-electron chi connectivity index (χ4n) is 3.07. The highest BCUT2D eigenvalue weighted by Crippen LogP contribution is 2.32. The monoisotopic (exact) mass is 356 g/mol. The lowest BCUT2D eigenvalue weighted by Crippen LogP contribution is -2.18. The molecule has 0 fully saturated rings. The first-order chi connectivity index (χ1) is 12.5. The van der Waals surface area contributed by atoms with E-state index in [2.05, 4.69) is 15.3 Å². The van der Waals surface area contributed by atoms with Crippen molar-refractivity contribution in [1.82, 2.24) is 14.5 Å². The maximum absolute atomic E-state index is 13.6. The Morgan fingerprint density at radius 1 is 1.31 bits per heavy atom. The van der Waals surface area contributed by atoms with Gasteiger partial charge in [0.25, 0.3) is 0 Å². The van der Waals surface area contributed by atoms with Crippen molar-refractivity contribution in [2.75, 3.05) is 5.32 Å². The van der Waals surface area contributed by atoms with Crippen molar-refractivity contribution < 1.29 is 18.7 Å². The molecule has 0 saturated heterocycles. The Morgan fingerprint density at radius 3 is 2.96 bits per heavy atom. The van der Waals surface area contributed by atoms with E-state index in [0.717, 1.165) is 11.7 Å². The van der Waals surface area contributed by atoms with Crippen LogP contribution in [0.25, 0.3) is 16.6 Å². The molecule has 0 atom stereocenters. The van der Waals surface area contributed by atoms with Gasteiger partial charge in [0.1, 0.15) is 17.4 Å². The Bertz CT molecular complexity index is 1060. The summed E-state index contributed by atoms with van der Waals surface area (Å²) in [5.41, 5.74) is 1.54. The molecular weight excluding hydrogens is 342 g/mol. The largest absolute Gasteiger partial charge is 0.512 e. The summed E-state index contributed by atoms with van der Waals surface area (Å²) in [6.07, 6.45) is 2.52. The van der Waals surface area contributed by atoms with Crippen LogP contribution in [0.4, 0.5) is 14.5 Å². The zero-order chi connectivity index (χ0) is 18.3. The van der Waals surface area contributed by atoms with Crippen molar-refractivity contribution in [3.63, 3.8) is 0 Å². The van der Waals surface area contributed by atoms with Crippen LogP contribution in [0, 0.1) is 11.6 Å². The zero-order valence-electron chi connectivity index (χ0n) is 13.5. The summed E-state index contributed by atoms with van der Waals surface area (Å²) in [6, 6.07) is 5.61. The van der Waals surface area contributed by atoms with Gasteiger partial charge in [-0.25, -0.2) is 13.8 Å². The number of aliphatic hydroxyl groups excluding tert-OH is 1. The van der Waals surface area contributed by atoms with Crippen LogP contribution in [-0.2, 0) is 11.3 Å². The van der Waals surface area contributed by atoms with Gasteiger partial charge < -0.3 is 15.0 Å². The van der Waals surface area contributed by atoms with E-state index in [1.807, 2.05) is 4.57 Å². The van der Waals surface area contributed by atoms with E-state index in [1.165, 1.54) is 24.4 Å². The number of nitrogens with zero attached hydrogens (tertiary/aromatic N) is 3. The van der Waals surface area contributed by atoms with Crippen LogP contribution in [0.3, 0.4) is 0 Å². The molecule has 3 heterocycles. The number of benzene rings is 1. The number of aryl methyl sites for hydroxylation is 1. The van der Waals surface area contributed by atoms with Gasteiger partial charge in [0.15, 0.2) is 5.82 Å². The van der Waals surface area contributed by atoms with Crippen LogP contribution < -0.4 is 5.32 Å². The highest BCUT2D eigenvalue weighted by molar-refractivity contribution is 5.98. The van der Waals surface area contributed by atoms with Crippen LogP contribution in [-0.4, -0.2) is 25.5 Å². The predicted octanol–water partition coefficient (Wildman–Crippen LogP) is 3.41. The molecule has 1 aliphatic rings. The molecule has 8 heteroatoms. The number of carbonyl (C=O) groups is 1. The van der Waals surface area contributed by atoms with Gasteiger partial charge in [-0.1, -0.05) is 0 Å². The second-order valence-electron chi connectivity index (χ2n) is 5.98. The van der Waals surface area contributed by atoms with Gasteiger partial charge in [0.2, 0.25) is 5.91 Å². The molecule has 1 aliphatic heterocycles. The van der Waals surface area contributed by atoms with E-state index in [1.54, 1.807) is 6.07 Å². The number of allylic oxidation sites excluding steroid dienone is 1. The van der Waals surface area contributed by atoms with E-state index in [-0.39, 0.29) is 17.9 Å². The second kappa shape index (κ2) is 6.21. The Kier molecular flexibility index (Phi) is 3.87. The average molecular weight is 356 g/mol. The molecule has 0 bridgehead atoms. The molecule has 1 amide bonds.